The molecular formula is C10H18N4O. The van der Waals surface area contributed by atoms with Crippen molar-refractivity contribution in [3.63, 3.8) is 0 Å². The van der Waals surface area contributed by atoms with Crippen molar-refractivity contribution >= 4 is 11.7 Å². The monoisotopic (exact) mass is 210 g/mol. The van der Waals surface area contributed by atoms with Crippen LogP contribution >= 0.6 is 0 Å². The summed E-state index contributed by atoms with van der Waals surface area (Å²) in [7, 11) is 0. The summed E-state index contributed by atoms with van der Waals surface area (Å²) in [5.74, 6) is 0.357. The molecule has 1 aromatic rings. The Morgan fingerprint density at radius 1 is 1.67 bits per heavy atom. The minimum Gasteiger partial charge on any atom is -0.384 e. The topological polar surface area (TPSA) is 72.9 Å². The van der Waals surface area contributed by atoms with Gasteiger partial charge in [-0.25, -0.2) is 4.68 Å². The van der Waals surface area contributed by atoms with E-state index in [1.165, 1.54) is 0 Å². The van der Waals surface area contributed by atoms with E-state index in [1.54, 1.807) is 10.7 Å². The molecule has 1 rings (SSSR count). The molecule has 0 saturated carbocycles. The Labute approximate surface area is 89.6 Å². The lowest BCUT2D eigenvalue weighted by Gasteiger charge is -2.09. The van der Waals surface area contributed by atoms with Gasteiger partial charge in [-0.2, -0.15) is 5.10 Å². The average Bonchev–Trinajstić information content (AvgIpc) is 2.59. The number of nitrogen functional groups attached to an aromatic ring is 1. The van der Waals surface area contributed by atoms with Crippen molar-refractivity contribution in [3.05, 3.63) is 11.8 Å². The fourth-order valence-corrected chi connectivity index (χ4v) is 1.20. The van der Waals surface area contributed by atoms with Crippen LogP contribution in [0.3, 0.4) is 0 Å². The Morgan fingerprint density at radius 2 is 2.33 bits per heavy atom. The van der Waals surface area contributed by atoms with Crippen molar-refractivity contribution in [2.45, 2.75) is 39.8 Å². The van der Waals surface area contributed by atoms with Crippen LogP contribution in [0.2, 0.25) is 0 Å². The molecule has 84 valence electrons. The first-order chi connectivity index (χ1) is 7.08. The van der Waals surface area contributed by atoms with Crippen LogP contribution in [-0.2, 0) is 6.54 Å². The number of carbonyl (C=O) groups is 1. The Morgan fingerprint density at radius 3 is 2.80 bits per heavy atom. The number of hydrogen-bond donors (Lipinski definition) is 2. The highest BCUT2D eigenvalue weighted by Gasteiger charge is 2.13. The molecule has 1 aromatic heterocycles. The third-order valence-electron chi connectivity index (χ3n) is 2.33. The molecule has 0 saturated heterocycles. The summed E-state index contributed by atoms with van der Waals surface area (Å²) in [6.45, 7) is 6.57. The van der Waals surface area contributed by atoms with Crippen LogP contribution in [0.25, 0.3) is 0 Å². The third-order valence-corrected chi connectivity index (χ3v) is 2.33. The molecule has 15 heavy (non-hydrogen) atoms. The first-order valence-electron chi connectivity index (χ1n) is 5.22. The lowest BCUT2D eigenvalue weighted by atomic mass is 10.2. The molecule has 0 fully saturated rings. The van der Waals surface area contributed by atoms with Crippen LogP contribution in [0, 0.1) is 0 Å². The molecule has 1 atom stereocenters. The molecule has 0 aliphatic carbocycles. The largest absolute Gasteiger partial charge is 0.384 e. The number of anilines is 1. The maximum atomic E-state index is 11.7. The van der Waals surface area contributed by atoms with Gasteiger partial charge >= 0.3 is 0 Å². The summed E-state index contributed by atoms with van der Waals surface area (Å²) in [5.41, 5.74) is 6.06. The van der Waals surface area contributed by atoms with Gasteiger partial charge in [0, 0.05) is 18.7 Å². The van der Waals surface area contributed by atoms with Crippen molar-refractivity contribution in [1.82, 2.24) is 15.1 Å². The van der Waals surface area contributed by atoms with E-state index in [9.17, 15) is 4.79 Å². The third kappa shape index (κ3) is 2.71. The molecule has 3 N–H and O–H groups in total. The standard InChI is InChI=1S/C10H18N4O/c1-4-7(3)12-10(15)8-6-9(11)14(5-2)13-8/h6-7H,4-5,11H2,1-3H3,(H,12,15). The molecule has 0 radical (unpaired) electrons. The highest BCUT2D eigenvalue weighted by atomic mass is 16.2. The SMILES string of the molecule is CCC(C)NC(=O)c1cc(N)n(CC)n1. The zero-order valence-corrected chi connectivity index (χ0v) is 9.45. The summed E-state index contributed by atoms with van der Waals surface area (Å²) in [5, 5.41) is 6.94. The number of nitrogens with zero attached hydrogens (tertiary/aromatic N) is 2. The second kappa shape index (κ2) is 4.82. The Kier molecular flexibility index (Phi) is 3.71. The van der Waals surface area contributed by atoms with Gasteiger partial charge < -0.3 is 11.1 Å². The Balaban J connectivity index is 2.74. The fourth-order valence-electron chi connectivity index (χ4n) is 1.20. The van der Waals surface area contributed by atoms with Gasteiger partial charge in [0.25, 0.3) is 5.91 Å². The maximum absolute atomic E-state index is 11.7. The van der Waals surface area contributed by atoms with Crippen LogP contribution in [0.1, 0.15) is 37.7 Å². The molecule has 5 heteroatoms. The van der Waals surface area contributed by atoms with E-state index >= 15 is 0 Å². The number of rotatable bonds is 4. The number of aromatic nitrogens is 2. The minimum atomic E-state index is -0.164. The Bertz CT molecular complexity index is 345. The fraction of sp³-hybridized carbons (Fsp3) is 0.600. The van der Waals surface area contributed by atoms with Crippen LogP contribution in [0.5, 0.6) is 0 Å². The zero-order valence-electron chi connectivity index (χ0n) is 9.45. The number of hydrogen-bond acceptors (Lipinski definition) is 3. The number of nitrogens with two attached hydrogens (primary N) is 1. The average molecular weight is 210 g/mol. The Hall–Kier alpha value is -1.52. The van der Waals surface area contributed by atoms with Crippen molar-refractivity contribution in [1.29, 1.82) is 0 Å². The predicted octanol–water partition coefficient (Wildman–Crippen LogP) is 1.01. The molecule has 0 aliphatic rings. The van der Waals surface area contributed by atoms with E-state index in [4.69, 9.17) is 5.73 Å². The van der Waals surface area contributed by atoms with Gasteiger partial charge in [0.15, 0.2) is 5.69 Å². The number of amides is 1. The molecular weight excluding hydrogens is 192 g/mol. The zero-order chi connectivity index (χ0) is 11.4. The smallest absolute Gasteiger partial charge is 0.272 e. The quantitative estimate of drug-likeness (QED) is 0.779. The van der Waals surface area contributed by atoms with Crippen LogP contribution in [0.15, 0.2) is 6.07 Å². The van der Waals surface area contributed by atoms with Gasteiger partial charge in [-0.3, -0.25) is 4.79 Å². The second-order valence-corrected chi connectivity index (χ2v) is 3.55. The minimum absolute atomic E-state index is 0.158. The van der Waals surface area contributed by atoms with E-state index in [1.807, 2.05) is 20.8 Å². The van der Waals surface area contributed by atoms with Gasteiger partial charge in [-0.15, -0.1) is 0 Å². The highest BCUT2D eigenvalue weighted by molar-refractivity contribution is 5.93. The molecule has 1 unspecified atom stereocenters. The van der Waals surface area contributed by atoms with E-state index in [0.29, 0.717) is 18.1 Å². The second-order valence-electron chi connectivity index (χ2n) is 3.55. The number of aryl methyl sites for hydroxylation is 1. The van der Waals surface area contributed by atoms with Crippen molar-refractivity contribution < 1.29 is 4.79 Å². The molecule has 1 amide bonds. The maximum Gasteiger partial charge on any atom is 0.272 e. The summed E-state index contributed by atoms with van der Waals surface area (Å²) >= 11 is 0. The van der Waals surface area contributed by atoms with Gasteiger partial charge in [-0.1, -0.05) is 6.92 Å². The van der Waals surface area contributed by atoms with E-state index in [2.05, 4.69) is 10.4 Å². The van der Waals surface area contributed by atoms with Crippen LogP contribution < -0.4 is 11.1 Å². The summed E-state index contributed by atoms with van der Waals surface area (Å²) < 4.78 is 1.60. The normalized spacial score (nSPS) is 12.5. The number of carbonyl (C=O) groups excluding carboxylic acids is 1. The van der Waals surface area contributed by atoms with E-state index in [0.717, 1.165) is 6.42 Å². The highest BCUT2D eigenvalue weighted by Crippen LogP contribution is 2.06. The van der Waals surface area contributed by atoms with Gasteiger partial charge in [0.1, 0.15) is 5.82 Å². The molecule has 1 heterocycles. The van der Waals surface area contributed by atoms with E-state index in [-0.39, 0.29) is 11.9 Å². The van der Waals surface area contributed by atoms with Gasteiger partial charge in [-0.05, 0) is 20.3 Å². The molecule has 0 aromatic carbocycles. The van der Waals surface area contributed by atoms with Crippen molar-refractivity contribution in [2.75, 3.05) is 5.73 Å². The van der Waals surface area contributed by atoms with Gasteiger partial charge in [0.2, 0.25) is 0 Å². The number of nitrogens with one attached hydrogen (secondary N) is 1. The summed E-state index contributed by atoms with van der Waals surface area (Å²) in [6.07, 6.45) is 0.899. The van der Waals surface area contributed by atoms with Gasteiger partial charge in [0.05, 0.1) is 0 Å². The summed E-state index contributed by atoms with van der Waals surface area (Å²) in [6, 6.07) is 1.76. The molecule has 0 bridgehead atoms. The molecule has 5 nitrogen and oxygen atoms in total. The lowest BCUT2D eigenvalue weighted by Crippen LogP contribution is -2.32. The van der Waals surface area contributed by atoms with E-state index < -0.39 is 0 Å². The van der Waals surface area contributed by atoms with Crippen LogP contribution in [0.4, 0.5) is 5.82 Å². The summed E-state index contributed by atoms with van der Waals surface area (Å²) in [4.78, 5) is 11.7. The predicted molar refractivity (Wildman–Crippen MR) is 59.5 cm³/mol. The molecule has 0 spiro atoms. The first-order valence-corrected chi connectivity index (χ1v) is 5.22. The first kappa shape index (κ1) is 11.6. The molecule has 0 aliphatic heterocycles. The lowest BCUT2D eigenvalue weighted by molar-refractivity contribution is 0.0933. The van der Waals surface area contributed by atoms with Crippen molar-refractivity contribution in [2.24, 2.45) is 0 Å². The van der Waals surface area contributed by atoms with Crippen LogP contribution in [-0.4, -0.2) is 21.7 Å². The van der Waals surface area contributed by atoms with Crippen molar-refractivity contribution in [3.8, 4) is 0 Å².